The molecule has 0 aliphatic rings. The molecular formula is C13H27NO3. The third-order valence-corrected chi connectivity index (χ3v) is 3.53. The fraction of sp³-hybridized carbons (Fsp3) is 0.923. The number of rotatable bonds is 8. The molecule has 4 heteroatoms. The van der Waals surface area contributed by atoms with Crippen LogP contribution in [-0.4, -0.2) is 50.3 Å². The molecule has 0 saturated carbocycles. The Bertz CT molecular complexity index is 221. The van der Waals surface area contributed by atoms with Crippen molar-refractivity contribution in [2.24, 2.45) is 5.92 Å². The summed E-state index contributed by atoms with van der Waals surface area (Å²) in [6, 6.07) is 0.597. The molecule has 0 aromatic rings. The molecule has 0 aromatic carbocycles. The molecule has 0 amide bonds. The number of hydrogen-bond donors (Lipinski definition) is 0. The molecule has 0 bridgehead atoms. The molecule has 0 saturated heterocycles. The Hall–Kier alpha value is -0.610. The van der Waals surface area contributed by atoms with Crippen LogP contribution in [0.15, 0.2) is 0 Å². The number of hydrogen-bond acceptors (Lipinski definition) is 4. The Balaban J connectivity index is 4.60. The van der Waals surface area contributed by atoms with Crippen LogP contribution in [0.1, 0.15) is 34.1 Å². The lowest BCUT2D eigenvalue weighted by molar-refractivity contribution is -0.147. The SMILES string of the molecule is CCC(C)N(CCOC)C(C)C(C)C(=O)OC. The Labute approximate surface area is 105 Å². The molecule has 0 N–H and O–H groups in total. The number of nitrogens with zero attached hydrogens (tertiary/aromatic N) is 1. The fourth-order valence-electron chi connectivity index (χ4n) is 1.93. The van der Waals surface area contributed by atoms with Crippen molar-refractivity contribution in [3.05, 3.63) is 0 Å². The molecule has 3 unspecified atom stereocenters. The molecule has 0 fully saturated rings. The van der Waals surface area contributed by atoms with E-state index in [2.05, 4.69) is 25.7 Å². The third-order valence-electron chi connectivity index (χ3n) is 3.53. The van der Waals surface area contributed by atoms with E-state index in [9.17, 15) is 4.79 Å². The van der Waals surface area contributed by atoms with Crippen LogP contribution in [-0.2, 0) is 14.3 Å². The van der Waals surface area contributed by atoms with Crippen molar-refractivity contribution in [1.29, 1.82) is 0 Å². The minimum Gasteiger partial charge on any atom is -0.469 e. The highest BCUT2D eigenvalue weighted by atomic mass is 16.5. The summed E-state index contributed by atoms with van der Waals surface area (Å²) in [5, 5.41) is 0. The lowest BCUT2D eigenvalue weighted by Gasteiger charge is -2.36. The highest BCUT2D eigenvalue weighted by Crippen LogP contribution is 2.16. The fourth-order valence-corrected chi connectivity index (χ4v) is 1.93. The van der Waals surface area contributed by atoms with Gasteiger partial charge >= 0.3 is 5.97 Å². The van der Waals surface area contributed by atoms with Gasteiger partial charge in [0.1, 0.15) is 0 Å². The van der Waals surface area contributed by atoms with Crippen LogP contribution in [0.4, 0.5) is 0 Å². The van der Waals surface area contributed by atoms with E-state index in [4.69, 9.17) is 9.47 Å². The van der Waals surface area contributed by atoms with Crippen molar-refractivity contribution < 1.29 is 14.3 Å². The van der Waals surface area contributed by atoms with E-state index in [1.54, 1.807) is 7.11 Å². The van der Waals surface area contributed by atoms with E-state index in [1.165, 1.54) is 7.11 Å². The van der Waals surface area contributed by atoms with Gasteiger partial charge in [-0.25, -0.2) is 0 Å². The molecule has 0 spiro atoms. The van der Waals surface area contributed by atoms with Gasteiger partial charge in [-0.15, -0.1) is 0 Å². The summed E-state index contributed by atoms with van der Waals surface area (Å²) in [5.41, 5.74) is 0. The highest BCUT2D eigenvalue weighted by molar-refractivity contribution is 5.72. The zero-order valence-corrected chi connectivity index (χ0v) is 12.0. The topological polar surface area (TPSA) is 38.8 Å². The summed E-state index contributed by atoms with van der Waals surface area (Å²) in [4.78, 5) is 13.9. The molecule has 0 rings (SSSR count). The Morgan fingerprint density at radius 3 is 2.24 bits per heavy atom. The summed E-state index contributed by atoms with van der Waals surface area (Å²) < 4.78 is 9.93. The van der Waals surface area contributed by atoms with Crippen LogP contribution in [0.3, 0.4) is 0 Å². The summed E-state index contributed by atoms with van der Waals surface area (Å²) in [7, 11) is 3.14. The summed E-state index contributed by atoms with van der Waals surface area (Å²) in [5.74, 6) is -0.269. The van der Waals surface area contributed by atoms with Crippen molar-refractivity contribution >= 4 is 5.97 Å². The molecule has 0 aliphatic carbocycles. The largest absolute Gasteiger partial charge is 0.469 e. The second kappa shape index (κ2) is 8.48. The first-order chi connectivity index (χ1) is 7.99. The van der Waals surface area contributed by atoms with Gasteiger partial charge < -0.3 is 9.47 Å². The van der Waals surface area contributed by atoms with E-state index in [-0.39, 0.29) is 17.9 Å². The van der Waals surface area contributed by atoms with Crippen LogP contribution in [0, 0.1) is 5.92 Å². The van der Waals surface area contributed by atoms with E-state index >= 15 is 0 Å². The maximum atomic E-state index is 11.6. The van der Waals surface area contributed by atoms with Crippen molar-refractivity contribution in [3.8, 4) is 0 Å². The first kappa shape index (κ1) is 16.4. The van der Waals surface area contributed by atoms with Gasteiger partial charge in [-0.05, 0) is 20.3 Å². The van der Waals surface area contributed by atoms with Gasteiger partial charge in [0.2, 0.25) is 0 Å². The summed E-state index contributed by atoms with van der Waals surface area (Å²) in [6.45, 7) is 9.84. The summed E-state index contributed by atoms with van der Waals surface area (Å²) >= 11 is 0. The van der Waals surface area contributed by atoms with Gasteiger partial charge in [0, 0.05) is 25.7 Å². The maximum Gasteiger partial charge on any atom is 0.309 e. The zero-order valence-electron chi connectivity index (χ0n) is 12.0. The standard InChI is InChI=1S/C13H27NO3/c1-7-10(2)14(8-9-16-5)12(4)11(3)13(15)17-6/h10-12H,7-9H2,1-6H3. The molecule has 17 heavy (non-hydrogen) atoms. The Morgan fingerprint density at radius 1 is 1.24 bits per heavy atom. The molecule has 4 nitrogen and oxygen atoms in total. The van der Waals surface area contributed by atoms with Crippen LogP contribution in [0.2, 0.25) is 0 Å². The van der Waals surface area contributed by atoms with Gasteiger partial charge in [0.25, 0.3) is 0 Å². The van der Waals surface area contributed by atoms with E-state index in [1.807, 2.05) is 6.92 Å². The first-order valence-electron chi connectivity index (χ1n) is 6.32. The lowest BCUT2D eigenvalue weighted by Crippen LogP contribution is -2.47. The molecule has 0 heterocycles. The highest BCUT2D eigenvalue weighted by Gasteiger charge is 2.28. The number of carbonyl (C=O) groups is 1. The van der Waals surface area contributed by atoms with Gasteiger partial charge in [-0.1, -0.05) is 13.8 Å². The van der Waals surface area contributed by atoms with Gasteiger partial charge in [-0.3, -0.25) is 9.69 Å². The van der Waals surface area contributed by atoms with Crippen molar-refractivity contribution in [1.82, 2.24) is 4.90 Å². The molecule has 3 atom stereocenters. The predicted molar refractivity (Wildman–Crippen MR) is 69.0 cm³/mol. The van der Waals surface area contributed by atoms with Crippen molar-refractivity contribution in [3.63, 3.8) is 0 Å². The summed E-state index contributed by atoms with van der Waals surface area (Å²) in [6.07, 6.45) is 1.06. The quantitative estimate of drug-likeness (QED) is 0.613. The van der Waals surface area contributed by atoms with Crippen LogP contribution < -0.4 is 0 Å². The Morgan fingerprint density at radius 2 is 1.82 bits per heavy atom. The third kappa shape index (κ3) is 5.04. The van der Waals surface area contributed by atoms with Crippen LogP contribution >= 0.6 is 0 Å². The van der Waals surface area contributed by atoms with Gasteiger partial charge in [0.05, 0.1) is 19.6 Å². The smallest absolute Gasteiger partial charge is 0.309 e. The molecule has 102 valence electrons. The first-order valence-corrected chi connectivity index (χ1v) is 6.32. The second-order valence-electron chi connectivity index (χ2n) is 4.54. The second-order valence-corrected chi connectivity index (χ2v) is 4.54. The van der Waals surface area contributed by atoms with Gasteiger partial charge in [-0.2, -0.15) is 0 Å². The lowest BCUT2D eigenvalue weighted by atomic mass is 10.00. The van der Waals surface area contributed by atoms with Gasteiger partial charge in [0.15, 0.2) is 0 Å². The maximum absolute atomic E-state index is 11.6. The molecule has 0 aromatic heterocycles. The van der Waals surface area contributed by atoms with E-state index < -0.39 is 0 Å². The van der Waals surface area contributed by atoms with Crippen molar-refractivity contribution in [2.45, 2.75) is 46.2 Å². The monoisotopic (exact) mass is 245 g/mol. The molecular weight excluding hydrogens is 218 g/mol. The Kier molecular flexibility index (Phi) is 8.17. The number of esters is 1. The van der Waals surface area contributed by atoms with E-state index in [0.29, 0.717) is 12.6 Å². The number of carbonyl (C=O) groups excluding carboxylic acids is 1. The average molecular weight is 245 g/mol. The van der Waals surface area contributed by atoms with Crippen molar-refractivity contribution in [2.75, 3.05) is 27.4 Å². The minimum atomic E-state index is -0.150. The predicted octanol–water partition coefficient (Wildman–Crippen LogP) is 1.93. The zero-order chi connectivity index (χ0) is 13.4. The molecule has 0 radical (unpaired) electrons. The minimum absolute atomic E-state index is 0.120. The average Bonchev–Trinajstić information content (AvgIpc) is 2.36. The van der Waals surface area contributed by atoms with Crippen LogP contribution in [0.25, 0.3) is 0 Å². The number of ether oxygens (including phenoxy) is 2. The normalized spacial score (nSPS) is 16.6. The molecule has 0 aliphatic heterocycles. The van der Waals surface area contributed by atoms with E-state index in [0.717, 1.165) is 13.0 Å². The number of methoxy groups -OCH3 is 2. The van der Waals surface area contributed by atoms with Crippen LogP contribution in [0.5, 0.6) is 0 Å².